The standard InChI is InChI=1S/C17H18F3N3O3/c1-16(2,9-24)13(10-4-3-5-21-7-10)23-15(26)12-6-11(17(18,19)20)8-22-14(12)25/h3-8,13,24H,9H2,1-2H3,(H,22,25)(H,23,26). The van der Waals surface area contributed by atoms with Gasteiger partial charge >= 0.3 is 6.18 Å². The van der Waals surface area contributed by atoms with Crippen molar-refractivity contribution in [2.75, 3.05) is 6.61 Å². The largest absolute Gasteiger partial charge is 0.417 e. The molecule has 2 aromatic rings. The van der Waals surface area contributed by atoms with Crippen molar-refractivity contribution in [1.82, 2.24) is 15.3 Å². The quantitative estimate of drug-likeness (QED) is 0.754. The first-order chi connectivity index (χ1) is 12.1. The van der Waals surface area contributed by atoms with Crippen molar-refractivity contribution in [2.24, 2.45) is 5.41 Å². The summed E-state index contributed by atoms with van der Waals surface area (Å²) in [5, 5.41) is 12.2. The number of halogens is 3. The zero-order chi connectivity index (χ0) is 19.5. The Balaban J connectivity index is 2.41. The highest BCUT2D eigenvalue weighted by Crippen LogP contribution is 2.33. The lowest BCUT2D eigenvalue weighted by molar-refractivity contribution is -0.137. The van der Waals surface area contributed by atoms with E-state index in [-0.39, 0.29) is 6.61 Å². The highest BCUT2D eigenvalue weighted by molar-refractivity contribution is 5.94. The summed E-state index contributed by atoms with van der Waals surface area (Å²) in [4.78, 5) is 30.2. The van der Waals surface area contributed by atoms with Crippen LogP contribution in [0.15, 0.2) is 41.6 Å². The number of aliphatic hydroxyl groups excluding tert-OH is 1. The van der Waals surface area contributed by atoms with E-state index >= 15 is 0 Å². The third-order valence-corrected chi connectivity index (χ3v) is 3.96. The molecule has 1 unspecified atom stereocenters. The molecule has 9 heteroatoms. The van der Waals surface area contributed by atoms with Crippen molar-refractivity contribution in [3.8, 4) is 0 Å². The Hall–Kier alpha value is -2.68. The Kier molecular flexibility index (Phi) is 5.50. The molecule has 0 aliphatic heterocycles. The molecule has 2 rings (SSSR count). The van der Waals surface area contributed by atoms with Crippen LogP contribution in [-0.2, 0) is 6.18 Å². The number of aromatic nitrogens is 2. The molecule has 0 radical (unpaired) electrons. The van der Waals surface area contributed by atoms with Crippen LogP contribution in [0.1, 0.15) is 41.4 Å². The summed E-state index contributed by atoms with van der Waals surface area (Å²) >= 11 is 0. The van der Waals surface area contributed by atoms with Crippen molar-refractivity contribution in [2.45, 2.75) is 26.1 Å². The summed E-state index contributed by atoms with van der Waals surface area (Å²) in [7, 11) is 0. The van der Waals surface area contributed by atoms with Gasteiger partial charge in [0.25, 0.3) is 11.5 Å². The Morgan fingerprint density at radius 2 is 2.08 bits per heavy atom. The van der Waals surface area contributed by atoms with E-state index in [9.17, 15) is 27.9 Å². The smallest absolute Gasteiger partial charge is 0.396 e. The second-order valence-corrected chi connectivity index (χ2v) is 6.47. The van der Waals surface area contributed by atoms with E-state index < -0.39 is 40.2 Å². The summed E-state index contributed by atoms with van der Waals surface area (Å²) in [5.74, 6) is -0.979. The molecule has 3 N–H and O–H groups in total. The second kappa shape index (κ2) is 7.28. The number of aromatic amines is 1. The third kappa shape index (κ3) is 4.29. The molecule has 26 heavy (non-hydrogen) atoms. The Morgan fingerprint density at radius 3 is 2.62 bits per heavy atom. The first kappa shape index (κ1) is 19.6. The van der Waals surface area contributed by atoms with Crippen molar-refractivity contribution in [3.05, 3.63) is 63.8 Å². The van der Waals surface area contributed by atoms with Gasteiger partial charge in [-0.3, -0.25) is 14.6 Å². The molecule has 1 atom stereocenters. The molecule has 0 aromatic carbocycles. The SMILES string of the molecule is CC(C)(CO)C(NC(=O)c1cc(C(F)(F)F)c[nH]c1=O)c1cccnc1. The van der Waals surface area contributed by atoms with E-state index in [4.69, 9.17) is 0 Å². The fraction of sp³-hybridized carbons (Fsp3) is 0.353. The number of hydrogen-bond acceptors (Lipinski definition) is 4. The highest BCUT2D eigenvalue weighted by Gasteiger charge is 2.35. The first-order valence-corrected chi connectivity index (χ1v) is 7.68. The maximum atomic E-state index is 12.8. The zero-order valence-electron chi connectivity index (χ0n) is 14.1. The van der Waals surface area contributed by atoms with Gasteiger partial charge in [0.05, 0.1) is 18.2 Å². The predicted molar refractivity (Wildman–Crippen MR) is 87.4 cm³/mol. The summed E-state index contributed by atoms with van der Waals surface area (Å²) in [6.45, 7) is 3.02. The van der Waals surface area contributed by atoms with E-state index in [2.05, 4.69) is 10.3 Å². The van der Waals surface area contributed by atoms with E-state index in [1.54, 1.807) is 26.0 Å². The van der Waals surface area contributed by atoms with E-state index in [1.807, 2.05) is 4.98 Å². The van der Waals surface area contributed by atoms with E-state index in [1.165, 1.54) is 12.4 Å². The lowest BCUT2D eigenvalue weighted by atomic mass is 9.81. The van der Waals surface area contributed by atoms with Gasteiger partial charge < -0.3 is 15.4 Å². The van der Waals surface area contributed by atoms with Gasteiger partial charge in [0.2, 0.25) is 0 Å². The molecule has 1 amide bonds. The molecular weight excluding hydrogens is 351 g/mol. The lowest BCUT2D eigenvalue weighted by Crippen LogP contribution is -2.41. The fourth-order valence-electron chi connectivity index (χ4n) is 2.39. The number of nitrogens with zero attached hydrogens (tertiary/aromatic N) is 1. The van der Waals surface area contributed by atoms with Crippen LogP contribution in [0.5, 0.6) is 0 Å². The van der Waals surface area contributed by atoms with Crippen LogP contribution in [0.3, 0.4) is 0 Å². The number of carbonyl (C=O) groups excluding carboxylic acids is 1. The average molecular weight is 369 g/mol. The predicted octanol–water partition coefficient (Wildman–Crippen LogP) is 2.28. The topological polar surface area (TPSA) is 95.1 Å². The van der Waals surface area contributed by atoms with Crippen LogP contribution >= 0.6 is 0 Å². The average Bonchev–Trinajstić information content (AvgIpc) is 2.59. The number of rotatable bonds is 5. The summed E-state index contributed by atoms with van der Waals surface area (Å²) < 4.78 is 38.5. The fourth-order valence-corrected chi connectivity index (χ4v) is 2.39. The van der Waals surface area contributed by atoms with E-state index in [0.717, 1.165) is 0 Å². The molecule has 140 valence electrons. The minimum absolute atomic E-state index is 0.314. The molecular formula is C17H18F3N3O3. The Morgan fingerprint density at radius 1 is 1.38 bits per heavy atom. The first-order valence-electron chi connectivity index (χ1n) is 7.68. The summed E-state index contributed by atoms with van der Waals surface area (Å²) in [5.41, 5.74) is -3.05. The van der Waals surface area contributed by atoms with Crippen molar-refractivity contribution in [3.63, 3.8) is 0 Å². The second-order valence-electron chi connectivity index (χ2n) is 6.47. The number of pyridine rings is 2. The molecule has 0 saturated carbocycles. The number of hydrogen-bond donors (Lipinski definition) is 3. The van der Waals surface area contributed by atoms with Crippen LogP contribution in [0.4, 0.5) is 13.2 Å². The summed E-state index contributed by atoms with van der Waals surface area (Å²) in [6.07, 6.45) is -1.20. The number of nitrogens with one attached hydrogen (secondary N) is 2. The van der Waals surface area contributed by atoms with Gasteiger partial charge in [-0.15, -0.1) is 0 Å². The Labute approximate surface area is 147 Å². The molecule has 2 aromatic heterocycles. The van der Waals surface area contributed by atoms with Gasteiger partial charge in [-0.25, -0.2) is 0 Å². The molecule has 0 fully saturated rings. The van der Waals surface area contributed by atoms with Gasteiger partial charge in [0.1, 0.15) is 5.56 Å². The lowest BCUT2D eigenvalue weighted by Gasteiger charge is -2.33. The van der Waals surface area contributed by atoms with Gasteiger partial charge in [-0.05, 0) is 17.7 Å². The monoisotopic (exact) mass is 369 g/mol. The van der Waals surface area contributed by atoms with Crippen molar-refractivity contribution >= 4 is 5.91 Å². The molecule has 0 aliphatic rings. The molecule has 6 nitrogen and oxygen atoms in total. The third-order valence-electron chi connectivity index (χ3n) is 3.96. The van der Waals surface area contributed by atoms with Gasteiger partial charge in [-0.1, -0.05) is 19.9 Å². The number of amides is 1. The van der Waals surface area contributed by atoms with Crippen LogP contribution in [-0.4, -0.2) is 27.6 Å². The number of alkyl halides is 3. The molecule has 2 heterocycles. The normalized spacial score (nSPS) is 13.3. The van der Waals surface area contributed by atoms with Crippen molar-refractivity contribution in [1.29, 1.82) is 0 Å². The molecule has 0 aliphatic carbocycles. The molecule has 0 spiro atoms. The number of H-pyrrole nitrogens is 1. The van der Waals surface area contributed by atoms with Gasteiger partial charge in [0, 0.05) is 24.0 Å². The maximum absolute atomic E-state index is 12.8. The molecule has 0 saturated heterocycles. The minimum Gasteiger partial charge on any atom is -0.396 e. The van der Waals surface area contributed by atoms with Crippen LogP contribution in [0, 0.1) is 5.41 Å². The van der Waals surface area contributed by atoms with Crippen LogP contribution in [0.25, 0.3) is 0 Å². The minimum atomic E-state index is -4.70. The molecule has 0 bridgehead atoms. The van der Waals surface area contributed by atoms with Crippen LogP contribution in [0.2, 0.25) is 0 Å². The summed E-state index contributed by atoms with van der Waals surface area (Å²) in [6, 6.07) is 3.01. The van der Waals surface area contributed by atoms with Crippen molar-refractivity contribution < 1.29 is 23.1 Å². The van der Waals surface area contributed by atoms with Crippen LogP contribution < -0.4 is 10.9 Å². The Bertz CT molecular complexity index is 832. The number of aliphatic hydroxyl groups is 1. The highest BCUT2D eigenvalue weighted by atomic mass is 19.4. The number of carbonyl (C=O) groups is 1. The zero-order valence-corrected chi connectivity index (χ0v) is 14.1. The van der Waals surface area contributed by atoms with Gasteiger partial charge in [-0.2, -0.15) is 13.2 Å². The maximum Gasteiger partial charge on any atom is 0.417 e. The van der Waals surface area contributed by atoms with E-state index in [0.29, 0.717) is 17.8 Å². The van der Waals surface area contributed by atoms with Gasteiger partial charge in [0.15, 0.2) is 0 Å².